The molecule has 0 saturated carbocycles. The maximum absolute atomic E-state index is 13.1. The average Bonchev–Trinajstić information content (AvgIpc) is 3.26. The first-order valence-corrected chi connectivity index (χ1v) is 12.4. The van der Waals surface area contributed by atoms with E-state index in [0.29, 0.717) is 28.6 Å². The smallest absolute Gasteiger partial charge is 0.256 e. The molecule has 164 valence electrons. The summed E-state index contributed by atoms with van der Waals surface area (Å²) in [5, 5.41) is 3.79. The molecule has 2 amide bonds. The van der Waals surface area contributed by atoms with Crippen LogP contribution in [0.2, 0.25) is 10.0 Å². The lowest BCUT2D eigenvalue weighted by molar-refractivity contribution is -0.119. The number of carbonyl (C=O) groups is 2. The topological polar surface area (TPSA) is 52.7 Å². The van der Waals surface area contributed by atoms with Crippen molar-refractivity contribution in [2.45, 2.75) is 25.4 Å². The van der Waals surface area contributed by atoms with Crippen molar-refractivity contribution in [1.82, 2.24) is 9.80 Å². The minimum absolute atomic E-state index is 0.171. The molecule has 2 aliphatic rings. The van der Waals surface area contributed by atoms with Gasteiger partial charge in [0.15, 0.2) is 0 Å². The number of hydrogen-bond acceptors (Lipinski definition) is 4. The van der Waals surface area contributed by atoms with E-state index in [1.807, 2.05) is 30.0 Å². The van der Waals surface area contributed by atoms with Gasteiger partial charge in [-0.25, -0.2) is 0 Å². The third-order valence-corrected chi connectivity index (χ3v) is 7.19. The van der Waals surface area contributed by atoms with Gasteiger partial charge in [0.1, 0.15) is 6.04 Å². The molecule has 8 heteroatoms. The lowest BCUT2D eigenvalue weighted by Crippen LogP contribution is -2.43. The van der Waals surface area contributed by atoms with Gasteiger partial charge in [0, 0.05) is 48.4 Å². The molecule has 1 unspecified atom stereocenters. The fraction of sp³-hybridized carbons (Fsp3) is 0.391. The Hall–Kier alpha value is -1.73. The van der Waals surface area contributed by atoms with Gasteiger partial charge in [-0.3, -0.25) is 14.5 Å². The van der Waals surface area contributed by atoms with Gasteiger partial charge in [0.2, 0.25) is 5.91 Å². The minimum Gasteiger partial charge on any atom is -0.327 e. The normalized spacial score (nSPS) is 19.4. The van der Waals surface area contributed by atoms with Gasteiger partial charge in [0.05, 0.1) is 10.6 Å². The molecule has 31 heavy (non-hydrogen) atoms. The number of nitrogens with one attached hydrogen (secondary N) is 1. The van der Waals surface area contributed by atoms with E-state index in [1.54, 1.807) is 23.1 Å². The zero-order valence-electron chi connectivity index (χ0n) is 17.2. The van der Waals surface area contributed by atoms with Gasteiger partial charge in [-0.15, -0.1) is 0 Å². The molecular formula is C23H25Cl2N3O2S. The van der Waals surface area contributed by atoms with E-state index in [9.17, 15) is 9.59 Å². The first-order chi connectivity index (χ1) is 15.0. The van der Waals surface area contributed by atoms with Crippen molar-refractivity contribution in [3.8, 4) is 0 Å². The molecule has 4 rings (SSSR count). The second-order valence-corrected chi connectivity index (χ2v) is 9.93. The van der Waals surface area contributed by atoms with Crippen LogP contribution in [0.1, 0.15) is 28.8 Å². The van der Waals surface area contributed by atoms with E-state index in [-0.39, 0.29) is 11.8 Å². The molecule has 2 fully saturated rings. The van der Waals surface area contributed by atoms with Crippen LogP contribution in [-0.2, 0) is 11.3 Å². The summed E-state index contributed by atoms with van der Waals surface area (Å²) in [5.74, 6) is 1.90. The molecule has 5 nitrogen and oxygen atoms in total. The highest BCUT2D eigenvalue weighted by atomic mass is 35.5. The molecule has 1 N–H and O–H groups in total. The van der Waals surface area contributed by atoms with Gasteiger partial charge < -0.3 is 10.2 Å². The van der Waals surface area contributed by atoms with Crippen LogP contribution in [0.15, 0.2) is 42.5 Å². The zero-order chi connectivity index (χ0) is 21.8. The van der Waals surface area contributed by atoms with Crippen LogP contribution >= 0.6 is 35.0 Å². The van der Waals surface area contributed by atoms with Gasteiger partial charge in [0.25, 0.3) is 5.91 Å². The zero-order valence-corrected chi connectivity index (χ0v) is 19.5. The Bertz CT molecular complexity index is 966. The molecule has 0 bridgehead atoms. The van der Waals surface area contributed by atoms with Crippen LogP contribution in [0.5, 0.6) is 0 Å². The molecule has 2 saturated heterocycles. The van der Waals surface area contributed by atoms with Gasteiger partial charge >= 0.3 is 0 Å². The highest BCUT2D eigenvalue weighted by molar-refractivity contribution is 7.99. The third-order valence-electron chi connectivity index (χ3n) is 5.68. The third kappa shape index (κ3) is 5.55. The second kappa shape index (κ2) is 10.3. The SMILES string of the molecule is O=C(Nc1cccc(CN2CCSCC2)c1)C1CCCN1C(=O)c1cc(Cl)ccc1Cl. The fourth-order valence-electron chi connectivity index (χ4n) is 4.09. The predicted molar refractivity (Wildman–Crippen MR) is 128 cm³/mol. The van der Waals surface area contributed by atoms with E-state index in [1.165, 1.54) is 17.1 Å². The Balaban J connectivity index is 1.43. The van der Waals surface area contributed by atoms with E-state index in [2.05, 4.69) is 16.3 Å². The van der Waals surface area contributed by atoms with Crippen LogP contribution in [0.4, 0.5) is 5.69 Å². The number of carbonyl (C=O) groups excluding carboxylic acids is 2. The summed E-state index contributed by atoms with van der Waals surface area (Å²) in [7, 11) is 0. The molecule has 2 aliphatic heterocycles. The molecule has 0 aliphatic carbocycles. The van der Waals surface area contributed by atoms with Gasteiger partial charge in [-0.2, -0.15) is 11.8 Å². The highest BCUT2D eigenvalue weighted by Crippen LogP contribution is 2.27. The predicted octanol–water partition coefficient (Wildman–Crippen LogP) is 4.79. The van der Waals surface area contributed by atoms with Crippen molar-refractivity contribution < 1.29 is 9.59 Å². The first kappa shape index (κ1) is 22.5. The second-order valence-electron chi connectivity index (χ2n) is 7.86. The highest BCUT2D eigenvalue weighted by Gasteiger charge is 2.35. The molecule has 2 aromatic rings. The summed E-state index contributed by atoms with van der Waals surface area (Å²) in [6, 6.07) is 12.3. The lowest BCUT2D eigenvalue weighted by atomic mass is 10.1. The van der Waals surface area contributed by atoms with Crippen LogP contribution in [0.3, 0.4) is 0 Å². The monoisotopic (exact) mass is 477 g/mol. The number of likely N-dealkylation sites (tertiary alicyclic amines) is 1. The molecule has 2 aromatic carbocycles. The van der Waals surface area contributed by atoms with Crippen LogP contribution in [0, 0.1) is 0 Å². The summed E-state index contributed by atoms with van der Waals surface area (Å²) >= 11 is 14.2. The molecule has 0 radical (unpaired) electrons. The summed E-state index contributed by atoms with van der Waals surface area (Å²) in [4.78, 5) is 30.1. The minimum atomic E-state index is -0.523. The number of anilines is 1. The molecule has 0 spiro atoms. The summed E-state index contributed by atoms with van der Waals surface area (Å²) in [5.41, 5.74) is 2.26. The van der Waals surface area contributed by atoms with Crippen LogP contribution in [0.25, 0.3) is 0 Å². The van der Waals surface area contributed by atoms with E-state index in [4.69, 9.17) is 23.2 Å². The van der Waals surface area contributed by atoms with E-state index < -0.39 is 6.04 Å². The standard InChI is InChI=1S/C23H25Cl2N3O2S/c24-17-6-7-20(25)19(14-17)23(30)28-8-2-5-21(28)22(29)26-18-4-1-3-16(13-18)15-27-9-11-31-12-10-27/h1,3-4,6-7,13-14,21H,2,5,8-12,15H2,(H,26,29). The summed E-state index contributed by atoms with van der Waals surface area (Å²) in [6.07, 6.45) is 1.40. The molecule has 2 heterocycles. The van der Waals surface area contributed by atoms with Crippen molar-refractivity contribution in [3.63, 3.8) is 0 Å². The summed E-state index contributed by atoms with van der Waals surface area (Å²) in [6.45, 7) is 3.58. The Morgan fingerprint density at radius 1 is 1.06 bits per heavy atom. The number of amides is 2. The van der Waals surface area contributed by atoms with Crippen molar-refractivity contribution in [1.29, 1.82) is 0 Å². The maximum atomic E-state index is 13.1. The first-order valence-electron chi connectivity index (χ1n) is 10.5. The van der Waals surface area contributed by atoms with Crippen molar-refractivity contribution in [3.05, 3.63) is 63.6 Å². The molecule has 1 atom stereocenters. The Kier molecular flexibility index (Phi) is 7.43. The van der Waals surface area contributed by atoms with E-state index in [0.717, 1.165) is 31.7 Å². The Labute approximate surface area is 197 Å². The van der Waals surface area contributed by atoms with Crippen LogP contribution in [-0.4, -0.2) is 58.8 Å². The fourth-order valence-corrected chi connectivity index (χ4v) is 5.44. The lowest BCUT2D eigenvalue weighted by Gasteiger charge is -2.26. The number of rotatable bonds is 5. The maximum Gasteiger partial charge on any atom is 0.256 e. The number of benzene rings is 2. The number of nitrogens with zero attached hydrogens (tertiary/aromatic N) is 2. The quantitative estimate of drug-likeness (QED) is 0.672. The van der Waals surface area contributed by atoms with Crippen LogP contribution < -0.4 is 5.32 Å². The van der Waals surface area contributed by atoms with Crippen molar-refractivity contribution in [2.24, 2.45) is 0 Å². The number of halogens is 2. The Morgan fingerprint density at radius 2 is 1.87 bits per heavy atom. The van der Waals surface area contributed by atoms with Crippen molar-refractivity contribution in [2.75, 3.05) is 36.5 Å². The van der Waals surface area contributed by atoms with Gasteiger partial charge in [-0.1, -0.05) is 35.3 Å². The molecular weight excluding hydrogens is 453 g/mol. The largest absolute Gasteiger partial charge is 0.327 e. The van der Waals surface area contributed by atoms with Gasteiger partial charge in [-0.05, 0) is 48.7 Å². The Morgan fingerprint density at radius 3 is 2.68 bits per heavy atom. The summed E-state index contributed by atoms with van der Waals surface area (Å²) < 4.78 is 0. The average molecular weight is 478 g/mol. The van der Waals surface area contributed by atoms with Crippen molar-refractivity contribution >= 4 is 52.5 Å². The van der Waals surface area contributed by atoms with E-state index >= 15 is 0 Å². The number of thioether (sulfide) groups is 1. The number of hydrogen-bond donors (Lipinski definition) is 1. The molecule has 0 aromatic heterocycles.